The lowest BCUT2D eigenvalue weighted by Crippen LogP contribution is -2.29. The van der Waals surface area contributed by atoms with E-state index in [0.29, 0.717) is 28.6 Å². The van der Waals surface area contributed by atoms with E-state index in [1.807, 2.05) is 0 Å². The summed E-state index contributed by atoms with van der Waals surface area (Å²) in [6.07, 6.45) is -1.63. The van der Waals surface area contributed by atoms with Crippen LogP contribution in [0.3, 0.4) is 0 Å². The summed E-state index contributed by atoms with van der Waals surface area (Å²) in [7, 11) is -12.2. The lowest BCUT2D eigenvalue weighted by molar-refractivity contribution is -0.0543. The first-order chi connectivity index (χ1) is 20.1. The van der Waals surface area contributed by atoms with Crippen molar-refractivity contribution >= 4 is 41.0 Å². The lowest BCUT2D eigenvalue weighted by atomic mass is 10.2. The standard InChI is InChI=1S/C20H30N3O16P3S/c1-32-12-6-14(33-2)13(15(7-12)34-3)10-43-11-35-16-8-19(23-5-4-18(21)22-20(23)24)37-17(16)9-36-41(28,29)39-42(30,31)38-40(25,26)27/h4-7,16-17,19H,8-11H2,1-3H3,(H,28,29)(H,30,31)(H2,21,22,24)(H2,25,26,27)/t16-,17-,19-/m1/s1. The highest BCUT2D eigenvalue weighted by atomic mass is 32.2. The van der Waals surface area contributed by atoms with E-state index in [1.165, 1.54) is 45.4 Å². The molecule has 0 aliphatic carbocycles. The third kappa shape index (κ3) is 10.5. The van der Waals surface area contributed by atoms with Gasteiger partial charge in [-0.2, -0.15) is 13.6 Å². The smallest absolute Gasteiger partial charge is 0.490 e. The van der Waals surface area contributed by atoms with Gasteiger partial charge in [-0.3, -0.25) is 9.09 Å². The van der Waals surface area contributed by atoms with E-state index in [-0.39, 0.29) is 18.2 Å². The molecule has 2 unspecified atom stereocenters. The summed E-state index contributed by atoms with van der Waals surface area (Å²) in [5.41, 5.74) is 5.51. The monoisotopic (exact) mass is 693 g/mol. The number of benzene rings is 1. The molecule has 19 nitrogen and oxygen atoms in total. The number of ether oxygens (including phenoxy) is 5. The molecule has 1 aliphatic rings. The predicted molar refractivity (Wildman–Crippen MR) is 148 cm³/mol. The molecule has 3 rings (SSSR count). The molecule has 43 heavy (non-hydrogen) atoms. The zero-order chi connectivity index (χ0) is 32.0. The number of aromatic nitrogens is 2. The quantitative estimate of drug-likeness (QED) is 0.0952. The first kappa shape index (κ1) is 35.5. The third-order valence-corrected chi connectivity index (χ3v) is 10.2. The molecule has 1 aromatic heterocycles. The lowest BCUT2D eigenvalue weighted by Gasteiger charge is -2.21. The summed E-state index contributed by atoms with van der Waals surface area (Å²) in [5, 5.41) is 0. The third-order valence-electron chi connectivity index (χ3n) is 5.59. The van der Waals surface area contributed by atoms with E-state index >= 15 is 0 Å². The van der Waals surface area contributed by atoms with Gasteiger partial charge in [0.2, 0.25) is 0 Å². The van der Waals surface area contributed by atoms with Gasteiger partial charge in [0.15, 0.2) is 0 Å². The summed E-state index contributed by atoms with van der Waals surface area (Å²) in [5.74, 6) is 1.92. The summed E-state index contributed by atoms with van der Waals surface area (Å²) in [6, 6.07) is 4.73. The van der Waals surface area contributed by atoms with E-state index in [0.717, 1.165) is 4.57 Å². The van der Waals surface area contributed by atoms with E-state index < -0.39 is 54.2 Å². The van der Waals surface area contributed by atoms with Crippen LogP contribution in [0.5, 0.6) is 17.2 Å². The van der Waals surface area contributed by atoms with Crippen molar-refractivity contribution in [1.82, 2.24) is 9.55 Å². The molecule has 2 heterocycles. The number of nitrogen functional groups attached to an aromatic ring is 1. The van der Waals surface area contributed by atoms with Gasteiger partial charge in [0.05, 0.1) is 40.0 Å². The Bertz CT molecular complexity index is 1450. The van der Waals surface area contributed by atoms with Gasteiger partial charge in [0, 0.05) is 36.1 Å². The van der Waals surface area contributed by atoms with E-state index in [4.69, 9.17) is 43.7 Å². The predicted octanol–water partition coefficient (Wildman–Crippen LogP) is 1.76. The molecule has 6 N–H and O–H groups in total. The number of hydrogen-bond donors (Lipinski definition) is 5. The molecule has 0 radical (unpaired) electrons. The minimum atomic E-state index is -5.72. The van der Waals surface area contributed by atoms with Gasteiger partial charge in [-0.05, 0) is 6.07 Å². The SMILES string of the molecule is COc1cc(OC)c(CSCO[C@@H]2C[C@H](n3ccc(N)nc3=O)O[C@@H]2COP(=O)(O)OP(=O)(O)OP(=O)(O)O)c(OC)c1. The molecule has 0 saturated carbocycles. The molecule has 5 atom stereocenters. The molecule has 2 aromatic rings. The normalized spacial score (nSPS) is 21.6. The fraction of sp³-hybridized carbons (Fsp3) is 0.500. The Balaban J connectivity index is 1.71. The Morgan fingerprint density at radius 2 is 1.70 bits per heavy atom. The van der Waals surface area contributed by atoms with Crippen LogP contribution in [-0.2, 0) is 42.1 Å². The summed E-state index contributed by atoms with van der Waals surface area (Å²) < 4.78 is 75.9. The molecule has 0 spiro atoms. The largest absolute Gasteiger partial charge is 0.496 e. The Hall–Kier alpha value is -2.02. The Morgan fingerprint density at radius 1 is 1.05 bits per heavy atom. The molecule has 0 amide bonds. The van der Waals surface area contributed by atoms with Gasteiger partial charge in [0.1, 0.15) is 35.4 Å². The minimum absolute atomic E-state index is 0.0305. The molecule has 0 bridgehead atoms. The zero-order valence-corrected chi connectivity index (χ0v) is 26.3. The number of thioether (sulfide) groups is 1. The molecular formula is C20H30N3O16P3S. The molecule has 1 fully saturated rings. The minimum Gasteiger partial charge on any atom is -0.496 e. The summed E-state index contributed by atoms with van der Waals surface area (Å²) in [6.45, 7) is -0.785. The average Bonchev–Trinajstić information content (AvgIpc) is 3.30. The number of hydrogen-bond acceptors (Lipinski definition) is 15. The maximum atomic E-state index is 12.4. The van der Waals surface area contributed by atoms with Crippen LogP contribution in [0.2, 0.25) is 0 Å². The highest BCUT2D eigenvalue weighted by Gasteiger charge is 2.43. The van der Waals surface area contributed by atoms with Crippen molar-refractivity contribution in [2.24, 2.45) is 0 Å². The van der Waals surface area contributed by atoms with Crippen molar-refractivity contribution in [2.75, 3.05) is 39.6 Å². The van der Waals surface area contributed by atoms with Crippen molar-refractivity contribution < 1.29 is 70.1 Å². The van der Waals surface area contributed by atoms with Gasteiger partial charge in [0.25, 0.3) is 0 Å². The number of anilines is 1. The molecule has 1 saturated heterocycles. The van der Waals surface area contributed by atoms with Crippen LogP contribution in [0.4, 0.5) is 5.82 Å². The van der Waals surface area contributed by atoms with Gasteiger partial charge < -0.3 is 49.0 Å². The van der Waals surface area contributed by atoms with Crippen molar-refractivity contribution in [3.63, 3.8) is 0 Å². The van der Waals surface area contributed by atoms with E-state index in [9.17, 15) is 28.3 Å². The van der Waals surface area contributed by atoms with Crippen LogP contribution in [0, 0.1) is 0 Å². The second-order valence-corrected chi connectivity index (χ2v) is 13.8. The number of rotatable bonds is 16. The first-order valence-corrected chi connectivity index (χ1v) is 17.5. The van der Waals surface area contributed by atoms with Crippen LogP contribution < -0.4 is 25.6 Å². The highest BCUT2D eigenvalue weighted by molar-refractivity contribution is 7.98. The Kier molecular flexibility index (Phi) is 12.2. The fourth-order valence-corrected chi connectivity index (χ4v) is 7.68. The fourth-order valence-electron chi connectivity index (χ4n) is 3.81. The van der Waals surface area contributed by atoms with Gasteiger partial charge in [-0.1, -0.05) is 0 Å². The topological polar surface area (TPSA) is 267 Å². The van der Waals surface area contributed by atoms with Gasteiger partial charge >= 0.3 is 29.2 Å². The van der Waals surface area contributed by atoms with Crippen LogP contribution in [-0.4, -0.2) is 75.2 Å². The van der Waals surface area contributed by atoms with E-state index in [1.54, 1.807) is 12.1 Å². The average molecular weight is 693 g/mol. The number of nitrogens with two attached hydrogens (primary N) is 1. The Morgan fingerprint density at radius 3 is 2.26 bits per heavy atom. The maximum absolute atomic E-state index is 12.4. The van der Waals surface area contributed by atoms with Crippen molar-refractivity contribution in [2.45, 2.75) is 30.6 Å². The molecule has 242 valence electrons. The van der Waals surface area contributed by atoms with Crippen LogP contribution >= 0.6 is 35.2 Å². The molecular weight excluding hydrogens is 663 g/mol. The van der Waals surface area contributed by atoms with E-state index in [2.05, 4.69) is 13.6 Å². The van der Waals surface area contributed by atoms with Crippen LogP contribution in [0.15, 0.2) is 29.2 Å². The number of phosphoric ester groups is 1. The molecule has 1 aliphatic heterocycles. The maximum Gasteiger partial charge on any atom is 0.490 e. The van der Waals surface area contributed by atoms with Crippen LogP contribution in [0.25, 0.3) is 0 Å². The second kappa shape index (κ2) is 14.8. The molecule has 1 aromatic carbocycles. The van der Waals surface area contributed by atoms with Crippen molar-refractivity contribution in [3.8, 4) is 17.2 Å². The zero-order valence-electron chi connectivity index (χ0n) is 22.8. The second-order valence-electron chi connectivity index (χ2n) is 8.48. The Labute approximate surface area is 248 Å². The van der Waals surface area contributed by atoms with Gasteiger partial charge in [-0.25, -0.2) is 18.5 Å². The summed E-state index contributed by atoms with van der Waals surface area (Å²) >= 11 is 1.30. The van der Waals surface area contributed by atoms with Crippen molar-refractivity contribution in [1.29, 1.82) is 0 Å². The van der Waals surface area contributed by atoms with Crippen molar-refractivity contribution in [3.05, 3.63) is 40.4 Å². The molecule has 23 heteroatoms. The number of phosphoric acid groups is 3. The van der Waals surface area contributed by atoms with Gasteiger partial charge in [-0.15, -0.1) is 11.8 Å². The highest BCUT2D eigenvalue weighted by Crippen LogP contribution is 2.66. The van der Waals surface area contributed by atoms with Crippen LogP contribution in [0.1, 0.15) is 18.2 Å². The first-order valence-electron chi connectivity index (χ1n) is 11.8. The number of nitrogens with zero attached hydrogens (tertiary/aromatic N) is 2. The summed E-state index contributed by atoms with van der Waals surface area (Å²) in [4.78, 5) is 52.6. The number of methoxy groups -OCH3 is 3.